The van der Waals surface area contributed by atoms with E-state index in [4.69, 9.17) is 5.11 Å². The lowest BCUT2D eigenvalue weighted by Gasteiger charge is -2.09. The average molecular weight is 292 g/mol. The maximum absolute atomic E-state index is 11.6. The van der Waals surface area contributed by atoms with Gasteiger partial charge in [-0.15, -0.1) is 11.3 Å². The van der Waals surface area contributed by atoms with E-state index in [-0.39, 0.29) is 18.4 Å². The van der Waals surface area contributed by atoms with Gasteiger partial charge in [0.1, 0.15) is 0 Å². The van der Waals surface area contributed by atoms with Gasteiger partial charge in [-0.05, 0) is 30.9 Å². The van der Waals surface area contributed by atoms with Crippen LogP contribution in [0.5, 0.6) is 0 Å². The minimum Gasteiger partial charge on any atom is -0.396 e. The van der Waals surface area contributed by atoms with E-state index in [2.05, 4.69) is 16.4 Å². The molecule has 4 nitrogen and oxygen atoms in total. The van der Waals surface area contributed by atoms with Crippen molar-refractivity contribution in [1.82, 2.24) is 10.3 Å². The number of thiazole rings is 1. The molecule has 1 heterocycles. The van der Waals surface area contributed by atoms with Crippen LogP contribution in [0.1, 0.15) is 24.8 Å². The molecule has 0 aliphatic rings. The van der Waals surface area contributed by atoms with Gasteiger partial charge in [-0.3, -0.25) is 4.79 Å². The summed E-state index contributed by atoms with van der Waals surface area (Å²) in [5.41, 5.74) is 1.04. The standard InChI is InChI=1S/C15H20N2O2S/c1-11(10-18)9-16-14(19)7-4-8-15-17-12-5-2-3-6-13(12)20-15/h2-3,5-6,11,18H,4,7-10H2,1H3,(H,16,19). The van der Waals surface area contributed by atoms with Gasteiger partial charge in [-0.25, -0.2) is 4.98 Å². The lowest BCUT2D eigenvalue weighted by Crippen LogP contribution is -2.29. The molecule has 0 radical (unpaired) electrons. The molecule has 1 aromatic heterocycles. The molecule has 1 aromatic carbocycles. The number of para-hydroxylation sites is 1. The van der Waals surface area contributed by atoms with Crippen molar-refractivity contribution in [2.75, 3.05) is 13.2 Å². The predicted octanol–water partition coefficient (Wildman–Crippen LogP) is 2.36. The normalized spacial score (nSPS) is 12.5. The molecule has 2 aromatic rings. The molecule has 0 saturated carbocycles. The third-order valence-corrected chi connectivity index (χ3v) is 4.19. The average Bonchev–Trinajstić information content (AvgIpc) is 2.87. The Hall–Kier alpha value is -1.46. The third-order valence-electron chi connectivity index (χ3n) is 3.09. The molecule has 0 spiro atoms. The fourth-order valence-corrected chi connectivity index (χ4v) is 2.88. The van der Waals surface area contributed by atoms with E-state index in [0.717, 1.165) is 23.4 Å². The highest BCUT2D eigenvalue weighted by Gasteiger charge is 2.07. The fourth-order valence-electron chi connectivity index (χ4n) is 1.87. The summed E-state index contributed by atoms with van der Waals surface area (Å²) >= 11 is 1.69. The Labute approximate surface area is 122 Å². The van der Waals surface area contributed by atoms with Gasteiger partial charge in [-0.2, -0.15) is 0 Å². The van der Waals surface area contributed by atoms with Crippen molar-refractivity contribution in [1.29, 1.82) is 0 Å². The molecule has 0 fully saturated rings. The first-order valence-corrected chi connectivity index (χ1v) is 7.72. The minimum atomic E-state index is 0.0476. The number of aryl methyl sites for hydroxylation is 1. The van der Waals surface area contributed by atoms with Gasteiger partial charge in [-0.1, -0.05) is 19.1 Å². The van der Waals surface area contributed by atoms with Crippen LogP contribution < -0.4 is 5.32 Å². The molecule has 1 atom stereocenters. The van der Waals surface area contributed by atoms with Gasteiger partial charge >= 0.3 is 0 Å². The highest BCUT2D eigenvalue weighted by atomic mass is 32.1. The molecule has 0 aliphatic carbocycles. The van der Waals surface area contributed by atoms with Crippen LogP contribution in [0.25, 0.3) is 10.2 Å². The second kappa shape index (κ2) is 7.36. The largest absolute Gasteiger partial charge is 0.396 e. The van der Waals surface area contributed by atoms with E-state index in [1.807, 2.05) is 25.1 Å². The number of amides is 1. The van der Waals surface area contributed by atoms with Crippen LogP contribution >= 0.6 is 11.3 Å². The molecule has 2 N–H and O–H groups in total. The number of carbonyl (C=O) groups excluding carboxylic acids is 1. The summed E-state index contributed by atoms with van der Waals surface area (Å²) in [6.45, 7) is 2.55. The first kappa shape index (κ1) is 14.9. The Morgan fingerprint density at radius 2 is 2.25 bits per heavy atom. The van der Waals surface area contributed by atoms with Crippen molar-refractivity contribution in [2.24, 2.45) is 5.92 Å². The zero-order valence-electron chi connectivity index (χ0n) is 11.6. The molecular formula is C15H20N2O2S. The van der Waals surface area contributed by atoms with Crippen LogP contribution in [0.3, 0.4) is 0 Å². The second-order valence-electron chi connectivity index (χ2n) is 5.02. The van der Waals surface area contributed by atoms with Crippen molar-refractivity contribution >= 4 is 27.5 Å². The fraction of sp³-hybridized carbons (Fsp3) is 0.467. The summed E-state index contributed by atoms with van der Waals surface area (Å²) < 4.78 is 1.20. The Balaban J connectivity index is 1.74. The summed E-state index contributed by atoms with van der Waals surface area (Å²) in [6, 6.07) is 8.08. The van der Waals surface area contributed by atoms with Crippen molar-refractivity contribution in [2.45, 2.75) is 26.2 Å². The number of aromatic nitrogens is 1. The first-order chi connectivity index (χ1) is 9.69. The van der Waals surface area contributed by atoms with Gasteiger partial charge < -0.3 is 10.4 Å². The van der Waals surface area contributed by atoms with Crippen molar-refractivity contribution in [3.8, 4) is 0 Å². The molecular weight excluding hydrogens is 272 g/mol. The quantitative estimate of drug-likeness (QED) is 0.823. The van der Waals surface area contributed by atoms with E-state index in [0.29, 0.717) is 13.0 Å². The molecule has 20 heavy (non-hydrogen) atoms. The van der Waals surface area contributed by atoms with Gasteiger partial charge in [0.05, 0.1) is 15.2 Å². The van der Waals surface area contributed by atoms with Gasteiger partial charge in [0, 0.05) is 19.6 Å². The molecule has 1 amide bonds. The van der Waals surface area contributed by atoms with Crippen molar-refractivity contribution < 1.29 is 9.90 Å². The zero-order chi connectivity index (χ0) is 14.4. The van der Waals surface area contributed by atoms with Crippen LogP contribution in [-0.4, -0.2) is 29.1 Å². The molecule has 2 rings (SSSR count). The Bertz CT molecular complexity index is 535. The Morgan fingerprint density at radius 1 is 1.45 bits per heavy atom. The topological polar surface area (TPSA) is 62.2 Å². The number of nitrogens with zero attached hydrogens (tertiary/aromatic N) is 1. The van der Waals surface area contributed by atoms with E-state index in [9.17, 15) is 4.79 Å². The summed E-state index contributed by atoms with van der Waals surface area (Å²) in [5, 5.41) is 12.8. The molecule has 0 aliphatic heterocycles. The summed E-state index contributed by atoms with van der Waals surface area (Å²) in [5.74, 6) is 0.162. The highest BCUT2D eigenvalue weighted by molar-refractivity contribution is 7.18. The predicted molar refractivity (Wildman–Crippen MR) is 81.8 cm³/mol. The van der Waals surface area contributed by atoms with Crippen molar-refractivity contribution in [3.05, 3.63) is 29.3 Å². The zero-order valence-corrected chi connectivity index (χ0v) is 12.4. The van der Waals surface area contributed by atoms with Crippen LogP contribution in [0.15, 0.2) is 24.3 Å². The lowest BCUT2D eigenvalue weighted by molar-refractivity contribution is -0.121. The maximum atomic E-state index is 11.6. The maximum Gasteiger partial charge on any atom is 0.220 e. The van der Waals surface area contributed by atoms with Crippen LogP contribution in [0, 0.1) is 5.92 Å². The Morgan fingerprint density at radius 3 is 3.00 bits per heavy atom. The number of aliphatic hydroxyl groups is 1. The molecule has 108 valence electrons. The molecule has 0 saturated heterocycles. The number of benzene rings is 1. The van der Waals surface area contributed by atoms with Gasteiger partial charge in [0.2, 0.25) is 5.91 Å². The number of hydrogen-bond donors (Lipinski definition) is 2. The number of rotatable bonds is 7. The van der Waals surface area contributed by atoms with E-state index in [1.165, 1.54) is 4.70 Å². The van der Waals surface area contributed by atoms with Crippen molar-refractivity contribution in [3.63, 3.8) is 0 Å². The Kier molecular flexibility index (Phi) is 5.49. The lowest BCUT2D eigenvalue weighted by atomic mass is 10.2. The second-order valence-corrected chi connectivity index (χ2v) is 6.14. The first-order valence-electron chi connectivity index (χ1n) is 6.91. The van der Waals surface area contributed by atoms with Crippen LogP contribution in [-0.2, 0) is 11.2 Å². The summed E-state index contributed by atoms with van der Waals surface area (Å²) in [4.78, 5) is 16.2. The molecule has 5 heteroatoms. The van der Waals surface area contributed by atoms with E-state index in [1.54, 1.807) is 11.3 Å². The van der Waals surface area contributed by atoms with Crippen LogP contribution in [0.4, 0.5) is 0 Å². The number of nitrogens with one attached hydrogen (secondary N) is 1. The summed E-state index contributed by atoms with van der Waals surface area (Å²) in [6.07, 6.45) is 2.15. The smallest absolute Gasteiger partial charge is 0.220 e. The number of fused-ring (bicyclic) bond motifs is 1. The molecule has 1 unspecified atom stereocenters. The van der Waals surface area contributed by atoms with Gasteiger partial charge in [0.15, 0.2) is 0 Å². The number of carbonyl (C=O) groups is 1. The number of aliphatic hydroxyl groups excluding tert-OH is 1. The minimum absolute atomic E-state index is 0.0476. The summed E-state index contributed by atoms with van der Waals surface area (Å²) in [7, 11) is 0. The van der Waals surface area contributed by atoms with E-state index < -0.39 is 0 Å². The SMILES string of the molecule is CC(CO)CNC(=O)CCCc1nc2ccccc2s1. The third kappa shape index (κ3) is 4.28. The number of hydrogen-bond acceptors (Lipinski definition) is 4. The molecule has 0 bridgehead atoms. The monoisotopic (exact) mass is 292 g/mol. The van der Waals surface area contributed by atoms with E-state index >= 15 is 0 Å². The highest BCUT2D eigenvalue weighted by Crippen LogP contribution is 2.22. The van der Waals surface area contributed by atoms with Gasteiger partial charge in [0.25, 0.3) is 0 Å². The van der Waals surface area contributed by atoms with Crippen LogP contribution in [0.2, 0.25) is 0 Å².